The van der Waals surface area contributed by atoms with Gasteiger partial charge in [-0.15, -0.1) is 0 Å². The number of hydrogen-bond acceptors (Lipinski definition) is 2. The van der Waals surface area contributed by atoms with Gasteiger partial charge in [0, 0.05) is 6.20 Å². The second-order valence-corrected chi connectivity index (χ2v) is 4.06. The lowest BCUT2D eigenvalue weighted by Crippen LogP contribution is -2.27. The summed E-state index contributed by atoms with van der Waals surface area (Å²) in [5.41, 5.74) is 1.15. The van der Waals surface area contributed by atoms with Gasteiger partial charge in [0.1, 0.15) is 5.82 Å². The molecule has 0 spiro atoms. The number of carbonyl (C=O) groups excluding carboxylic acids is 1. The average molecular weight is 242 g/mol. The maximum atomic E-state index is 12.2. The highest BCUT2D eigenvalue weighted by molar-refractivity contribution is 6.18. The Morgan fingerprint density at radius 2 is 2.00 bits per heavy atom. The van der Waals surface area contributed by atoms with E-state index in [4.69, 9.17) is 0 Å². The molecule has 1 aromatic heterocycles. The van der Waals surface area contributed by atoms with Crippen molar-refractivity contribution in [2.24, 2.45) is 0 Å². The van der Waals surface area contributed by atoms with E-state index in [-0.39, 0.29) is 0 Å². The fraction of sp³-hybridized carbons (Fsp3) is 0.0769. The quantitative estimate of drug-likeness (QED) is 0.789. The van der Waals surface area contributed by atoms with E-state index in [1.54, 1.807) is 42.6 Å². The largest absolute Gasteiger partial charge is 0.480 e. The number of aromatic amines is 1. The molecule has 3 rings (SSSR count). The predicted octanol–water partition coefficient (Wildman–Crippen LogP) is 1.86. The molecule has 5 heteroatoms. The number of hydrogen-bond donors (Lipinski definition) is 2. The summed E-state index contributed by atoms with van der Waals surface area (Å²) in [5.74, 6) is -2.10. The van der Waals surface area contributed by atoms with Crippen LogP contribution in [-0.4, -0.2) is 22.0 Å². The Bertz CT molecular complexity index is 619. The summed E-state index contributed by atoms with van der Waals surface area (Å²) in [4.78, 5) is 27.8. The number of carboxylic acids is 1. The minimum absolute atomic E-state index is 0.439. The summed E-state index contributed by atoms with van der Waals surface area (Å²) in [5, 5.41) is 9.19. The lowest BCUT2D eigenvalue weighted by molar-refractivity contribution is -0.141. The van der Waals surface area contributed by atoms with Crippen molar-refractivity contribution in [1.29, 1.82) is 0 Å². The molecule has 1 aromatic carbocycles. The molecule has 0 fully saturated rings. The minimum atomic E-state index is -1.12. The van der Waals surface area contributed by atoms with E-state index in [1.807, 2.05) is 0 Å². The number of rotatable bonds is 2. The Kier molecular flexibility index (Phi) is 2.19. The normalized spacial score (nSPS) is 17.9. The Hall–Kier alpha value is -2.56. The van der Waals surface area contributed by atoms with Crippen LogP contribution < -0.4 is 4.90 Å². The van der Waals surface area contributed by atoms with Crippen LogP contribution >= 0.6 is 0 Å². The number of para-hydroxylation sites is 1. The second-order valence-electron chi connectivity index (χ2n) is 4.06. The molecule has 1 aliphatic heterocycles. The van der Waals surface area contributed by atoms with Crippen molar-refractivity contribution in [2.75, 3.05) is 4.90 Å². The van der Waals surface area contributed by atoms with Gasteiger partial charge in [0.15, 0.2) is 5.92 Å². The van der Waals surface area contributed by atoms with Gasteiger partial charge in [-0.25, -0.2) is 0 Å². The van der Waals surface area contributed by atoms with Gasteiger partial charge in [-0.1, -0.05) is 18.2 Å². The fourth-order valence-corrected chi connectivity index (χ4v) is 2.26. The molecule has 0 bridgehead atoms. The van der Waals surface area contributed by atoms with Gasteiger partial charge < -0.3 is 10.1 Å². The lowest BCUT2D eigenvalue weighted by atomic mass is 10.0. The van der Waals surface area contributed by atoms with Crippen molar-refractivity contribution in [3.8, 4) is 0 Å². The molecule has 0 radical (unpaired) electrons. The van der Waals surface area contributed by atoms with Crippen LogP contribution in [0.2, 0.25) is 0 Å². The standard InChI is InChI=1S/C13H10N2O3/c16-12-11(13(17)18)8-4-1-2-5-9(8)15(12)10-6-3-7-14-10/h1-7,11,14H,(H,17,18). The number of aliphatic carboxylic acids is 1. The first kappa shape index (κ1) is 10.6. The van der Waals surface area contributed by atoms with E-state index in [9.17, 15) is 14.7 Å². The van der Waals surface area contributed by atoms with Gasteiger partial charge in [-0.05, 0) is 23.8 Å². The molecule has 5 nitrogen and oxygen atoms in total. The van der Waals surface area contributed by atoms with Gasteiger partial charge in [0.2, 0.25) is 0 Å². The summed E-state index contributed by atoms with van der Waals surface area (Å²) >= 11 is 0. The van der Waals surface area contributed by atoms with Crippen LogP contribution in [0.3, 0.4) is 0 Å². The van der Waals surface area contributed by atoms with Crippen LogP contribution in [0.5, 0.6) is 0 Å². The summed E-state index contributed by atoms with van der Waals surface area (Å²) in [7, 11) is 0. The molecule has 2 N–H and O–H groups in total. The van der Waals surface area contributed by atoms with Crippen molar-refractivity contribution in [3.05, 3.63) is 48.2 Å². The van der Waals surface area contributed by atoms with Crippen LogP contribution in [0.25, 0.3) is 0 Å². The van der Waals surface area contributed by atoms with Gasteiger partial charge in [0.25, 0.3) is 5.91 Å². The highest BCUT2D eigenvalue weighted by Gasteiger charge is 2.42. The zero-order chi connectivity index (χ0) is 12.7. The topological polar surface area (TPSA) is 73.4 Å². The predicted molar refractivity (Wildman–Crippen MR) is 64.8 cm³/mol. The number of aromatic nitrogens is 1. The van der Waals surface area contributed by atoms with Crippen LogP contribution in [-0.2, 0) is 9.59 Å². The molecular formula is C13H10N2O3. The number of carbonyl (C=O) groups is 2. The van der Waals surface area contributed by atoms with E-state index in [0.29, 0.717) is 17.1 Å². The molecule has 1 unspecified atom stereocenters. The number of amides is 1. The molecule has 90 valence electrons. The lowest BCUT2D eigenvalue weighted by Gasteiger charge is -2.15. The number of nitrogens with zero attached hydrogens (tertiary/aromatic N) is 1. The van der Waals surface area contributed by atoms with E-state index in [1.165, 1.54) is 4.90 Å². The first-order valence-corrected chi connectivity index (χ1v) is 5.49. The van der Waals surface area contributed by atoms with Crippen molar-refractivity contribution >= 4 is 23.4 Å². The number of benzene rings is 1. The zero-order valence-corrected chi connectivity index (χ0v) is 9.33. The van der Waals surface area contributed by atoms with Crippen LogP contribution in [0.4, 0.5) is 11.5 Å². The number of carboxylic acid groups (broad SMARTS) is 1. The van der Waals surface area contributed by atoms with Crippen LogP contribution in [0.1, 0.15) is 11.5 Å². The number of nitrogens with one attached hydrogen (secondary N) is 1. The molecule has 0 saturated heterocycles. The minimum Gasteiger partial charge on any atom is -0.480 e. The van der Waals surface area contributed by atoms with Crippen molar-refractivity contribution < 1.29 is 14.7 Å². The molecule has 18 heavy (non-hydrogen) atoms. The Labute approximate surface area is 103 Å². The Morgan fingerprint density at radius 1 is 1.22 bits per heavy atom. The van der Waals surface area contributed by atoms with Gasteiger partial charge >= 0.3 is 5.97 Å². The monoisotopic (exact) mass is 242 g/mol. The third-order valence-corrected chi connectivity index (χ3v) is 3.03. The number of fused-ring (bicyclic) bond motifs is 1. The molecular weight excluding hydrogens is 232 g/mol. The zero-order valence-electron chi connectivity index (χ0n) is 9.33. The molecule has 0 saturated carbocycles. The number of H-pyrrole nitrogens is 1. The molecule has 2 heterocycles. The van der Waals surface area contributed by atoms with E-state index >= 15 is 0 Å². The second kappa shape index (κ2) is 3.73. The van der Waals surface area contributed by atoms with Crippen molar-refractivity contribution in [3.63, 3.8) is 0 Å². The molecule has 2 aromatic rings. The maximum Gasteiger partial charge on any atom is 0.320 e. The van der Waals surface area contributed by atoms with Crippen molar-refractivity contribution in [1.82, 2.24) is 4.98 Å². The molecule has 0 aliphatic carbocycles. The summed E-state index contributed by atoms with van der Waals surface area (Å²) in [6, 6.07) is 10.4. The van der Waals surface area contributed by atoms with E-state index < -0.39 is 17.8 Å². The third-order valence-electron chi connectivity index (χ3n) is 3.03. The summed E-state index contributed by atoms with van der Waals surface area (Å²) < 4.78 is 0. The van der Waals surface area contributed by atoms with Crippen LogP contribution in [0.15, 0.2) is 42.6 Å². The summed E-state index contributed by atoms with van der Waals surface area (Å²) in [6.45, 7) is 0. The highest BCUT2D eigenvalue weighted by atomic mass is 16.4. The first-order valence-electron chi connectivity index (χ1n) is 5.49. The highest BCUT2D eigenvalue weighted by Crippen LogP contribution is 2.41. The maximum absolute atomic E-state index is 12.2. The smallest absolute Gasteiger partial charge is 0.320 e. The Balaban J connectivity index is 2.19. The number of anilines is 2. The molecule has 1 aliphatic rings. The first-order chi connectivity index (χ1) is 8.70. The van der Waals surface area contributed by atoms with Gasteiger partial charge in [-0.3, -0.25) is 14.5 Å². The summed E-state index contributed by atoms with van der Waals surface area (Å²) in [6.07, 6.45) is 1.69. The van der Waals surface area contributed by atoms with Gasteiger partial charge in [0.05, 0.1) is 5.69 Å². The molecule has 1 amide bonds. The van der Waals surface area contributed by atoms with Crippen molar-refractivity contribution in [2.45, 2.75) is 5.92 Å². The Morgan fingerprint density at radius 3 is 2.67 bits per heavy atom. The van der Waals surface area contributed by atoms with Gasteiger partial charge in [-0.2, -0.15) is 0 Å². The average Bonchev–Trinajstić information content (AvgIpc) is 2.92. The van der Waals surface area contributed by atoms with E-state index in [2.05, 4.69) is 4.98 Å². The third kappa shape index (κ3) is 1.34. The van der Waals surface area contributed by atoms with Crippen LogP contribution in [0, 0.1) is 0 Å². The fourth-order valence-electron chi connectivity index (χ4n) is 2.26. The SMILES string of the molecule is O=C(O)C1C(=O)N(c2ccc[nH]2)c2ccccc21. The molecule has 1 atom stereocenters. The van der Waals surface area contributed by atoms with E-state index in [0.717, 1.165) is 0 Å².